The zero-order valence-corrected chi connectivity index (χ0v) is 19.4. The highest BCUT2D eigenvalue weighted by molar-refractivity contribution is 6.74. The van der Waals surface area contributed by atoms with E-state index in [1.807, 2.05) is 30.3 Å². The van der Waals surface area contributed by atoms with E-state index in [4.69, 9.17) is 13.9 Å². The van der Waals surface area contributed by atoms with E-state index in [-0.39, 0.29) is 24.7 Å². The molecule has 0 saturated carbocycles. The Morgan fingerprint density at radius 2 is 1.87 bits per heavy atom. The predicted molar refractivity (Wildman–Crippen MR) is 114 cm³/mol. The van der Waals surface area contributed by atoms with Gasteiger partial charge in [0.2, 0.25) is 0 Å². The van der Waals surface area contributed by atoms with Gasteiger partial charge in [-0.25, -0.2) is 4.79 Å². The van der Waals surface area contributed by atoms with E-state index in [9.17, 15) is 20.1 Å². The van der Waals surface area contributed by atoms with Gasteiger partial charge in [0.1, 0.15) is 12.7 Å². The molecular formula is C21H35NO7Si. The van der Waals surface area contributed by atoms with Crippen LogP contribution in [0.4, 0.5) is 4.79 Å². The van der Waals surface area contributed by atoms with Crippen LogP contribution in [0.1, 0.15) is 32.8 Å². The fourth-order valence-electron chi connectivity index (χ4n) is 2.81. The van der Waals surface area contributed by atoms with E-state index in [1.165, 1.54) is 0 Å². The van der Waals surface area contributed by atoms with Crippen molar-refractivity contribution >= 4 is 14.4 Å². The summed E-state index contributed by atoms with van der Waals surface area (Å²) in [6, 6.07) is 8.63. The number of aliphatic hydroxyl groups is 3. The summed E-state index contributed by atoms with van der Waals surface area (Å²) in [6.45, 7) is 10.7. The van der Waals surface area contributed by atoms with Gasteiger partial charge in [0.15, 0.2) is 14.6 Å². The molecule has 1 amide bonds. The zero-order valence-electron chi connectivity index (χ0n) is 18.4. The second kappa shape index (κ2) is 10.2. The molecule has 1 fully saturated rings. The molecule has 0 aliphatic carbocycles. The van der Waals surface area contributed by atoms with Gasteiger partial charge in [0, 0.05) is 6.42 Å². The summed E-state index contributed by atoms with van der Waals surface area (Å²) < 4.78 is 17.0. The Hall–Kier alpha value is -1.49. The summed E-state index contributed by atoms with van der Waals surface area (Å²) in [5.41, 5.74) is 0.851. The maximum Gasteiger partial charge on any atom is 0.407 e. The number of carbonyl (C=O) groups is 1. The Bertz CT molecular complexity index is 668. The third kappa shape index (κ3) is 6.76. The van der Waals surface area contributed by atoms with Crippen molar-refractivity contribution in [2.75, 3.05) is 6.61 Å². The molecule has 1 heterocycles. The number of rotatable bonds is 7. The normalized spacial score (nSPS) is 26.1. The molecule has 9 heteroatoms. The highest BCUT2D eigenvalue weighted by Gasteiger charge is 2.42. The van der Waals surface area contributed by atoms with E-state index >= 15 is 0 Å². The minimum atomic E-state index is -2.12. The summed E-state index contributed by atoms with van der Waals surface area (Å²) in [7, 11) is -2.12. The number of ether oxygens (including phenoxy) is 2. The van der Waals surface area contributed by atoms with Crippen LogP contribution in [0.25, 0.3) is 0 Å². The monoisotopic (exact) mass is 441 g/mol. The Morgan fingerprint density at radius 3 is 2.43 bits per heavy atom. The third-order valence-electron chi connectivity index (χ3n) is 5.87. The summed E-state index contributed by atoms with van der Waals surface area (Å²) in [4.78, 5) is 12.4. The van der Waals surface area contributed by atoms with Crippen LogP contribution in [-0.2, 0) is 20.5 Å². The Balaban J connectivity index is 2.05. The summed E-state index contributed by atoms with van der Waals surface area (Å²) >= 11 is 0. The highest BCUT2D eigenvalue weighted by Crippen LogP contribution is 2.36. The second-order valence-electron chi connectivity index (χ2n) is 9.24. The Labute approximate surface area is 179 Å². The maximum absolute atomic E-state index is 12.4. The van der Waals surface area contributed by atoms with Crippen LogP contribution >= 0.6 is 0 Å². The van der Waals surface area contributed by atoms with Crippen LogP contribution in [0, 0.1) is 0 Å². The molecule has 30 heavy (non-hydrogen) atoms. The highest BCUT2D eigenvalue weighted by atomic mass is 28.4. The standard InChI is InChI=1S/C21H35NO7Si/c1-21(2,3)30(4,5)28-13-15(17-11-16(23)18(24)19(25)29-17)22-20(26)27-12-14-9-7-6-8-10-14/h6-10,15-19,23-25H,11-13H2,1-5H3,(H,22,26)/t15-,16-,17+,18-,19-/m1/s1. The number of benzene rings is 1. The molecule has 170 valence electrons. The molecule has 1 aliphatic heterocycles. The van der Waals surface area contributed by atoms with Crippen LogP contribution in [0.2, 0.25) is 18.1 Å². The molecular weight excluding hydrogens is 406 g/mol. The summed E-state index contributed by atoms with van der Waals surface area (Å²) in [6.07, 6.45) is -5.46. The van der Waals surface area contributed by atoms with Crippen molar-refractivity contribution in [3.8, 4) is 0 Å². The number of carbonyl (C=O) groups excluding carboxylic acids is 1. The fraction of sp³-hybridized carbons (Fsp3) is 0.667. The average Bonchev–Trinajstić information content (AvgIpc) is 2.67. The minimum Gasteiger partial charge on any atom is -0.445 e. The first-order valence-electron chi connectivity index (χ1n) is 10.2. The van der Waals surface area contributed by atoms with Gasteiger partial charge < -0.3 is 34.5 Å². The number of hydrogen-bond acceptors (Lipinski definition) is 7. The lowest BCUT2D eigenvalue weighted by Crippen LogP contribution is -2.57. The second-order valence-corrected chi connectivity index (χ2v) is 14.1. The molecule has 0 aromatic heterocycles. The molecule has 4 N–H and O–H groups in total. The zero-order chi connectivity index (χ0) is 22.5. The molecule has 0 radical (unpaired) electrons. The van der Waals surface area contributed by atoms with Crippen LogP contribution in [0.15, 0.2) is 30.3 Å². The van der Waals surface area contributed by atoms with Gasteiger partial charge in [0.25, 0.3) is 0 Å². The first-order valence-corrected chi connectivity index (χ1v) is 13.1. The molecule has 0 unspecified atom stereocenters. The minimum absolute atomic E-state index is 0.0337. The average molecular weight is 442 g/mol. The van der Waals surface area contributed by atoms with Gasteiger partial charge in [-0.15, -0.1) is 0 Å². The smallest absolute Gasteiger partial charge is 0.407 e. The molecule has 8 nitrogen and oxygen atoms in total. The fourth-order valence-corrected chi connectivity index (χ4v) is 3.84. The SMILES string of the molecule is CC(C)(C)[Si](C)(C)OC[C@@H](NC(=O)OCc1ccccc1)[C@@H]1C[C@@H](O)[C@@H](O)[C@H](O)O1. The van der Waals surface area contributed by atoms with Crippen molar-refractivity contribution in [1.29, 1.82) is 0 Å². The lowest BCUT2D eigenvalue weighted by atomic mass is 9.97. The predicted octanol–water partition coefficient (Wildman–Crippen LogP) is 2.13. The van der Waals surface area contributed by atoms with Crippen molar-refractivity contribution in [2.24, 2.45) is 0 Å². The van der Waals surface area contributed by atoms with Crippen molar-refractivity contribution in [3.05, 3.63) is 35.9 Å². The van der Waals surface area contributed by atoms with Crippen molar-refractivity contribution in [3.63, 3.8) is 0 Å². The molecule has 1 aliphatic rings. The van der Waals surface area contributed by atoms with Crippen molar-refractivity contribution in [2.45, 2.75) is 82.6 Å². The molecule has 1 saturated heterocycles. The molecule has 1 aromatic rings. The largest absolute Gasteiger partial charge is 0.445 e. The number of aliphatic hydroxyl groups excluding tert-OH is 3. The van der Waals surface area contributed by atoms with Gasteiger partial charge in [-0.1, -0.05) is 51.1 Å². The third-order valence-corrected chi connectivity index (χ3v) is 10.4. The Morgan fingerprint density at radius 1 is 1.23 bits per heavy atom. The van der Waals surface area contributed by atoms with Gasteiger partial charge in [-0.3, -0.25) is 0 Å². The first kappa shape index (κ1) is 24.8. The van der Waals surface area contributed by atoms with Gasteiger partial charge in [0.05, 0.1) is 24.9 Å². The van der Waals surface area contributed by atoms with Crippen molar-refractivity contribution in [1.82, 2.24) is 5.32 Å². The van der Waals surface area contributed by atoms with Gasteiger partial charge >= 0.3 is 6.09 Å². The van der Waals surface area contributed by atoms with E-state index in [2.05, 4.69) is 39.2 Å². The van der Waals surface area contributed by atoms with E-state index in [0.717, 1.165) is 5.56 Å². The van der Waals surface area contributed by atoms with Crippen molar-refractivity contribution < 1.29 is 34.0 Å². The van der Waals surface area contributed by atoms with Crippen LogP contribution < -0.4 is 5.32 Å². The molecule has 2 rings (SSSR count). The van der Waals surface area contributed by atoms with E-state index in [1.54, 1.807) is 0 Å². The number of hydrogen-bond donors (Lipinski definition) is 4. The first-order chi connectivity index (χ1) is 13.9. The lowest BCUT2D eigenvalue weighted by Gasteiger charge is -2.41. The quantitative estimate of drug-likeness (QED) is 0.479. The summed E-state index contributed by atoms with van der Waals surface area (Å²) in [5, 5.41) is 32.4. The molecule has 5 atom stereocenters. The van der Waals surface area contributed by atoms with E-state index in [0.29, 0.717) is 0 Å². The summed E-state index contributed by atoms with van der Waals surface area (Å²) in [5.74, 6) is 0. The van der Waals surface area contributed by atoms with Crippen LogP contribution in [0.3, 0.4) is 0 Å². The maximum atomic E-state index is 12.4. The van der Waals surface area contributed by atoms with Crippen LogP contribution in [-0.4, -0.2) is 67.0 Å². The van der Waals surface area contributed by atoms with Gasteiger partial charge in [-0.05, 0) is 23.7 Å². The lowest BCUT2D eigenvalue weighted by molar-refractivity contribution is -0.252. The van der Waals surface area contributed by atoms with Gasteiger partial charge in [-0.2, -0.15) is 0 Å². The molecule has 0 spiro atoms. The Kier molecular flexibility index (Phi) is 8.43. The topological polar surface area (TPSA) is 117 Å². The number of amides is 1. The molecule has 0 bridgehead atoms. The van der Waals surface area contributed by atoms with Crippen LogP contribution in [0.5, 0.6) is 0 Å². The van der Waals surface area contributed by atoms with E-state index < -0.39 is 45.1 Å². The number of nitrogens with one attached hydrogen (secondary N) is 1. The number of alkyl carbamates (subject to hydrolysis) is 1. The molecule has 1 aromatic carbocycles.